The van der Waals surface area contributed by atoms with E-state index in [4.69, 9.17) is 17.4 Å². The molecule has 0 aliphatic heterocycles. The number of carbonyl (C=O) groups excluding carboxylic acids is 1. The van der Waals surface area contributed by atoms with E-state index in [0.29, 0.717) is 15.9 Å². The highest BCUT2D eigenvalue weighted by molar-refractivity contribution is 8.00. The molecule has 1 aromatic carbocycles. The lowest BCUT2D eigenvalue weighted by atomic mass is 10.2. The monoisotopic (exact) mass is 311 g/mol. The molecule has 3 N–H and O–H groups in total. The van der Waals surface area contributed by atoms with E-state index in [-0.39, 0.29) is 11.2 Å². The average Bonchev–Trinajstić information content (AvgIpc) is 2.79. The molecule has 20 heavy (non-hydrogen) atoms. The van der Waals surface area contributed by atoms with Gasteiger partial charge < -0.3 is 11.2 Å². The molecule has 1 unspecified atom stereocenters. The number of hydrogen-bond acceptors (Lipinski definition) is 5. The topological polar surface area (TPSA) is 85.8 Å². The van der Waals surface area contributed by atoms with Crippen LogP contribution < -0.4 is 11.2 Å². The van der Waals surface area contributed by atoms with Crippen molar-refractivity contribution >= 4 is 35.0 Å². The van der Waals surface area contributed by atoms with Crippen LogP contribution in [0.1, 0.15) is 12.5 Å². The molecular weight excluding hydrogens is 298 g/mol. The number of aryl methyl sites for hydroxylation is 1. The maximum absolute atomic E-state index is 12.1. The number of hydrogen-bond donors (Lipinski definition) is 2. The highest BCUT2D eigenvalue weighted by Gasteiger charge is 2.17. The summed E-state index contributed by atoms with van der Waals surface area (Å²) in [6.45, 7) is 3.67. The van der Waals surface area contributed by atoms with Crippen molar-refractivity contribution in [3.63, 3.8) is 0 Å². The molecule has 0 spiro atoms. The maximum atomic E-state index is 12.1. The average molecular weight is 312 g/mol. The number of thioether (sulfide) groups is 1. The normalized spacial score (nSPS) is 12.2. The number of carbonyl (C=O) groups is 1. The smallest absolute Gasteiger partial charge is 0.237 e. The Bertz CT molecular complexity index is 630. The molecule has 0 saturated heterocycles. The molecule has 0 radical (unpaired) electrons. The Morgan fingerprint density at radius 3 is 2.90 bits per heavy atom. The van der Waals surface area contributed by atoms with Gasteiger partial charge >= 0.3 is 0 Å². The number of rotatable bonds is 4. The van der Waals surface area contributed by atoms with E-state index in [2.05, 4.69) is 15.5 Å². The number of nitrogen functional groups attached to an aromatic ring is 1. The maximum Gasteiger partial charge on any atom is 0.237 e. The molecular formula is C12H14ClN5OS. The van der Waals surface area contributed by atoms with Crippen LogP contribution in [-0.2, 0) is 4.79 Å². The fraction of sp³-hybridized carbons (Fsp3) is 0.250. The van der Waals surface area contributed by atoms with Crippen molar-refractivity contribution in [1.29, 1.82) is 0 Å². The number of nitrogens with one attached hydrogen (secondary N) is 1. The Hall–Kier alpha value is -1.73. The van der Waals surface area contributed by atoms with Gasteiger partial charge in [0.25, 0.3) is 0 Å². The van der Waals surface area contributed by atoms with Crippen LogP contribution in [0.25, 0.3) is 0 Å². The first-order valence-electron chi connectivity index (χ1n) is 5.86. The van der Waals surface area contributed by atoms with E-state index in [1.54, 1.807) is 13.0 Å². The van der Waals surface area contributed by atoms with Crippen LogP contribution in [-0.4, -0.2) is 26.0 Å². The summed E-state index contributed by atoms with van der Waals surface area (Å²) in [7, 11) is 0. The highest BCUT2D eigenvalue weighted by Crippen LogP contribution is 2.23. The Labute approximate surface area is 125 Å². The van der Waals surface area contributed by atoms with E-state index in [1.165, 1.54) is 22.8 Å². The van der Waals surface area contributed by atoms with Gasteiger partial charge in [0.2, 0.25) is 11.1 Å². The molecule has 2 aromatic rings. The van der Waals surface area contributed by atoms with Gasteiger partial charge in [-0.2, -0.15) is 0 Å². The minimum absolute atomic E-state index is 0.155. The SMILES string of the molecule is Cc1ccc(NC(=O)C(C)Sc2nncn2N)cc1Cl. The zero-order valence-electron chi connectivity index (χ0n) is 11.0. The lowest BCUT2D eigenvalue weighted by Crippen LogP contribution is -2.23. The van der Waals surface area contributed by atoms with Crippen LogP contribution in [0.3, 0.4) is 0 Å². The van der Waals surface area contributed by atoms with Gasteiger partial charge in [-0.15, -0.1) is 10.2 Å². The number of halogens is 1. The molecule has 0 bridgehead atoms. The van der Waals surface area contributed by atoms with Gasteiger partial charge in [-0.1, -0.05) is 29.4 Å². The predicted molar refractivity (Wildman–Crippen MR) is 80.3 cm³/mol. The van der Waals surface area contributed by atoms with Gasteiger partial charge in [-0.25, -0.2) is 4.68 Å². The quantitative estimate of drug-likeness (QED) is 0.667. The number of anilines is 1. The van der Waals surface area contributed by atoms with Crippen LogP contribution >= 0.6 is 23.4 Å². The molecule has 0 aliphatic rings. The Morgan fingerprint density at radius 1 is 1.55 bits per heavy atom. The van der Waals surface area contributed by atoms with Crippen molar-refractivity contribution in [2.24, 2.45) is 0 Å². The fourth-order valence-electron chi connectivity index (χ4n) is 1.44. The third kappa shape index (κ3) is 3.43. The Kier molecular flexibility index (Phi) is 4.51. The largest absolute Gasteiger partial charge is 0.336 e. The van der Waals surface area contributed by atoms with Gasteiger partial charge in [0, 0.05) is 10.7 Å². The van der Waals surface area contributed by atoms with Gasteiger partial charge in [0.1, 0.15) is 6.33 Å². The summed E-state index contributed by atoms with van der Waals surface area (Å²) >= 11 is 7.25. The minimum Gasteiger partial charge on any atom is -0.336 e. The fourth-order valence-corrected chi connectivity index (χ4v) is 2.37. The van der Waals surface area contributed by atoms with E-state index in [1.807, 2.05) is 19.1 Å². The molecule has 0 fully saturated rings. The van der Waals surface area contributed by atoms with Crippen LogP contribution in [0.4, 0.5) is 5.69 Å². The molecule has 0 saturated carbocycles. The molecule has 2 rings (SSSR count). The molecule has 6 nitrogen and oxygen atoms in total. The van der Waals surface area contributed by atoms with Crippen molar-refractivity contribution in [2.45, 2.75) is 24.3 Å². The second kappa shape index (κ2) is 6.15. The zero-order chi connectivity index (χ0) is 14.7. The Balaban J connectivity index is 2.00. The van der Waals surface area contributed by atoms with Gasteiger partial charge in [-0.05, 0) is 31.5 Å². The van der Waals surface area contributed by atoms with Gasteiger partial charge in [-0.3, -0.25) is 4.79 Å². The van der Waals surface area contributed by atoms with E-state index >= 15 is 0 Å². The van der Waals surface area contributed by atoms with E-state index < -0.39 is 0 Å². The summed E-state index contributed by atoms with van der Waals surface area (Å²) in [6, 6.07) is 5.38. The van der Waals surface area contributed by atoms with Crippen molar-refractivity contribution < 1.29 is 4.79 Å². The van der Waals surface area contributed by atoms with E-state index in [0.717, 1.165) is 5.56 Å². The first-order valence-corrected chi connectivity index (χ1v) is 7.12. The van der Waals surface area contributed by atoms with E-state index in [9.17, 15) is 4.79 Å². The van der Waals surface area contributed by atoms with Crippen LogP contribution in [0.2, 0.25) is 5.02 Å². The molecule has 106 valence electrons. The first-order chi connectivity index (χ1) is 9.47. The third-order valence-corrected chi connectivity index (χ3v) is 4.11. The van der Waals surface area contributed by atoms with Crippen LogP contribution in [0.5, 0.6) is 0 Å². The summed E-state index contributed by atoms with van der Waals surface area (Å²) < 4.78 is 1.27. The predicted octanol–water partition coefficient (Wildman–Crippen LogP) is 2.07. The summed E-state index contributed by atoms with van der Waals surface area (Å²) in [5.41, 5.74) is 1.62. The Morgan fingerprint density at radius 2 is 2.30 bits per heavy atom. The lowest BCUT2D eigenvalue weighted by Gasteiger charge is -2.11. The standard InChI is InChI=1S/C12H14ClN5OS/c1-7-3-4-9(5-10(7)13)16-11(19)8(2)20-12-17-15-6-18(12)14/h3-6,8H,14H2,1-2H3,(H,16,19). The number of benzene rings is 1. The molecule has 0 aliphatic carbocycles. The van der Waals surface area contributed by atoms with Crippen molar-refractivity contribution in [3.05, 3.63) is 35.1 Å². The zero-order valence-corrected chi connectivity index (χ0v) is 12.6. The molecule has 8 heteroatoms. The second-order valence-electron chi connectivity index (χ2n) is 4.23. The molecule has 1 atom stereocenters. The van der Waals surface area contributed by atoms with Crippen LogP contribution in [0.15, 0.2) is 29.7 Å². The number of aromatic nitrogens is 3. The van der Waals surface area contributed by atoms with Crippen molar-refractivity contribution in [3.8, 4) is 0 Å². The molecule has 1 aromatic heterocycles. The molecule has 1 amide bonds. The summed E-state index contributed by atoms with van der Waals surface area (Å²) in [4.78, 5) is 12.1. The van der Waals surface area contributed by atoms with Gasteiger partial charge in [0.15, 0.2) is 0 Å². The van der Waals surface area contributed by atoms with Crippen molar-refractivity contribution in [1.82, 2.24) is 14.9 Å². The highest BCUT2D eigenvalue weighted by atomic mass is 35.5. The second-order valence-corrected chi connectivity index (χ2v) is 5.95. The van der Waals surface area contributed by atoms with Gasteiger partial charge in [0.05, 0.1) is 5.25 Å². The lowest BCUT2D eigenvalue weighted by molar-refractivity contribution is -0.115. The summed E-state index contributed by atoms with van der Waals surface area (Å²) in [5.74, 6) is 5.45. The first kappa shape index (κ1) is 14.7. The minimum atomic E-state index is -0.360. The third-order valence-electron chi connectivity index (χ3n) is 2.63. The van der Waals surface area contributed by atoms with Crippen LogP contribution in [0, 0.1) is 6.92 Å². The summed E-state index contributed by atoms with van der Waals surface area (Å²) in [6.07, 6.45) is 1.38. The number of nitrogens with zero attached hydrogens (tertiary/aromatic N) is 3. The van der Waals surface area contributed by atoms with Crippen molar-refractivity contribution in [2.75, 3.05) is 11.2 Å². The molecule has 1 heterocycles. The number of nitrogens with two attached hydrogens (primary N) is 1. The summed E-state index contributed by atoms with van der Waals surface area (Å²) in [5, 5.41) is 11.0. The number of amides is 1.